The second-order valence-corrected chi connectivity index (χ2v) is 6.26. The number of para-hydroxylation sites is 1. The van der Waals surface area contributed by atoms with Crippen molar-refractivity contribution >= 4 is 28.1 Å². The van der Waals surface area contributed by atoms with Crippen molar-refractivity contribution in [3.63, 3.8) is 0 Å². The molecule has 0 fully saturated rings. The zero-order chi connectivity index (χ0) is 16.5. The van der Waals surface area contributed by atoms with Crippen LogP contribution in [0.2, 0.25) is 0 Å². The van der Waals surface area contributed by atoms with Crippen LogP contribution in [0.1, 0.15) is 15.2 Å². The third-order valence-electron chi connectivity index (χ3n) is 3.85. The predicted molar refractivity (Wildman–Crippen MR) is 95.7 cm³/mol. The van der Waals surface area contributed by atoms with Crippen LogP contribution in [0.25, 0.3) is 22.1 Å². The molecule has 3 nitrogen and oxygen atoms in total. The second kappa shape index (κ2) is 5.91. The molecule has 0 atom stereocenters. The number of fused-ring (bicyclic) bond motifs is 1. The zero-order valence-corrected chi connectivity index (χ0v) is 13.4. The van der Waals surface area contributed by atoms with Gasteiger partial charge in [0.15, 0.2) is 0 Å². The molecule has 0 aliphatic heterocycles. The lowest BCUT2D eigenvalue weighted by Gasteiger charge is -2.10. The molecule has 0 saturated carbocycles. The number of ketones is 1. The predicted octanol–water partition coefficient (Wildman–Crippen LogP) is 4.75. The van der Waals surface area contributed by atoms with Gasteiger partial charge in [0, 0.05) is 10.9 Å². The number of rotatable bonds is 3. The maximum Gasteiger partial charge on any atom is 0.348 e. The van der Waals surface area contributed by atoms with Gasteiger partial charge in [-0.2, -0.15) is 0 Å². The molecule has 0 saturated heterocycles. The Bertz CT molecular complexity index is 1080. The maximum absolute atomic E-state index is 12.9. The lowest BCUT2D eigenvalue weighted by Crippen LogP contribution is -2.16. The van der Waals surface area contributed by atoms with Gasteiger partial charge in [-0.15, -0.1) is 11.3 Å². The Morgan fingerprint density at radius 1 is 0.875 bits per heavy atom. The summed E-state index contributed by atoms with van der Waals surface area (Å²) in [5, 5.41) is 2.57. The summed E-state index contributed by atoms with van der Waals surface area (Å²) >= 11 is 1.31. The van der Waals surface area contributed by atoms with Crippen LogP contribution in [0.3, 0.4) is 0 Å². The first-order chi connectivity index (χ1) is 11.8. The third kappa shape index (κ3) is 2.37. The average Bonchev–Trinajstić information content (AvgIpc) is 3.15. The Kier molecular flexibility index (Phi) is 3.59. The lowest BCUT2D eigenvalue weighted by molar-refractivity contribution is 0.104. The van der Waals surface area contributed by atoms with Crippen molar-refractivity contribution in [3.05, 3.63) is 93.0 Å². The summed E-state index contributed by atoms with van der Waals surface area (Å²) in [6, 6.07) is 20.3. The van der Waals surface area contributed by atoms with E-state index in [2.05, 4.69) is 0 Å². The fourth-order valence-corrected chi connectivity index (χ4v) is 3.46. The van der Waals surface area contributed by atoms with E-state index >= 15 is 0 Å². The number of thiophene rings is 1. The molecule has 0 bridgehead atoms. The molecule has 0 amide bonds. The van der Waals surface area contributed by atoms with E-state index in [1.807, 2.05) is 47.8 Å². The minimum atomic E-state index is -0.606. The van der Waals surface area contributed by atoms with Crippen LogP contribution in [0.15, 0.2) is 81.3 Å². The van der Waals surface area contributed by atoms with Gasteiger partial charge in [0.2, 0.25) is 5.78 Å². The Morgan fingerprint density at radius 2 is 1.62 bits per heavy atom. The summed E-state index contributed by atoms with van der Waals surface area (Å²) in [5.74, 6) is -0.302. The molecule has 24 heavy (non-hydrogen) atoms. The molecular weight excluding hydrogens is 320 g/mol. The first-order valence-corrected chi connectivity index (χ1v) is 8.33. The molecule has 4 rings (SSSR count). The number of benzene rings is 2. The fourth-order valence-electron chi connectivity index (χ4n) is 2.79. The largest absolute Gasteiger partial charge is 0.422 e. The summed E-state index contributed by atoms with van der Waals surface area (Å²) in [7, 11) is 0. The molecule has 116 valence electrons. The fraction of sp³-hybridized carbons (Fsp3) is 0. The van der Waals surface area contributed by atoms with Crippen LogP contribution in [0, 0.1) is 0 Å². The smallest absolute Gasteiger partial charge is 0.348 e. The van der Waals surface area contributed by atoms with Crippen molar-refractivity contribution in [2.45, 2.75) is 0 Å². The first kappa shape index (κ1) is 14.6. The molecule has 0 radical (unpaired) electrons. The number of carbonyl (C=O) groups excluding carboxylic acids is 1. The van der Waals surface area contributed by atoms with Crippen LogP contribution in [0.4, 0.5) is 0 Å². The molecule has 0 spiro atoms. The van der Waals surface area contributed by atoms with E-state index in [9.17, 15) is 9.59 Å². The summed E-state index contributed by atoms with van der Waals surface area (Å²) in [6.07, 6.45) is 0. The molecule has 0 N–H and O–H groups in total. The molecule has 0 unspecified atom stereocenters. The first-order valence-electron chi connectivity index (χ1n) is 7.45. The van der Waals surface area contributed by atoms with Crippen LogP contribution in [-0.2, 0) is 0 Å². The highest BCUT2D eigenvalue weighted by Crippen LogP contribution is 2.32. The van der Waals surface area contributed by atoms with Gasteiger partial charge < -0.3 is 4.42 Å². The maximum atomic E-state index is 12.9. The highest BCUT2D eigenvalue weighted by Gasteiger charge is 2.23. The number of hydrogen-bond donors (Lipinski definition) is 0. The minimum absolute atomic E-state index is 0.0855. The Labute approximate surface area is 141 Å². The highest BCUT2D eigenvalue weighted by molar-refractivity contribution is 7.12. The molecule has 2 aromatic carbocycles. The van der Waals surface area contributed by atoms with E-state index in [1.165, 1.54) is 11.3 Å². The standard InChI is InChI=1S/C20H12O3S/c21-19(16-11-6-12-24-16)18-17(13-7-2-1-3-8-13)14-9-4-5-10-15(14)23-20(18)22/h1-12H. The van der Waals surface area contributed by atoms with Crippen LogP contribution >= 0.6 is 11.3 Å². The van der Waals surface area contributed by atoms with Crippen LogP contribution in [0.5, 0.6) is 0 Å². The zero-order valence-electron chi connectivity index (χ0n) is 12.6. The molecule has 4 aromatic rings. The summed E-state index contributed by atoms with van der Waals surface area (Å²) in [5.41, 5.74) is 1.40. The molecule has 4 heteroatoms. The monoisotopic (exact) mass is 332 g/mol. The Morgan fingerprint density at radius 3 is 2.38 bits per heavy atom. The Hall–Kier alpha value is -2.98. The number of hydrogen-bond acceptors (Lipinski definition) is 4. The summed E-state index contributed by atoms with van der Waals surface area (Å²) < 4.78 is 5.40. The van der Waals surface area contributed by atoms with Gasteiger partial charge in [-0.3, -0.25) is 4.79 Å². The Balaban J connectivity index is 2.11. The van der Waals surface area contributed by atoms with E-state index in [0.717, 1.165) is 10.9 Å². The molecule has 0 aliphatic carbocycles. The summed E-state index contributed by atoms with van der Waals surface area (Å²) in [6.45, 7) is 0. The summed E-state index contributed by atoms with van der Waals surface area (Å²) in [4.78, 5) is 26.0. The molecule has 0 aliphatic rings. The van der Waals surface area contributed by atoms with Gasteiger partial charge >= 0.3 is 5.63 Å². The van der Waals surface area contributed by atoms with Gasteiger partial charge in [-0.1, -0.05) is 54.6 Å². The topological polar surface area (TPSA) is 47.3 Å². The second-order valence-electron chi connectivity index (χ2n) is 5.31. The normalized spacial score (nSPS) is 10.8. The SMILES string of the molecule is O=C(c1cccs1)c1c(-c2ccccc2)c2ccccc2oc1=O. The van der Waals surface area contributed by atoms with Gasteiger partial charge in [0.25, 0.3) is 0 Å². The molecular formula is C20H12O3S. The van der Waals surface area contributed by atoms with Gasteiger partial charge in [0.05, 0.1) is 4.88 Å². The quantitative estimate of drug-likeness (QED) is 0.402. The van der Waals surface area contributed by atoms with Gasteiger partial charge in [-0.25, -0.2) is 4.79 Å². The van der Waals surface area contributed by atoms with E-state index < -0.39 is 5.63 Å². The lowest BCUT2D eigenvalue weighted by atomic mass is 9.94. The van der Waals surface area contributed by atoms with Gasteiger partial charge in [-0.05, 0) is 23.1 Å². The molecule has 2 aromatic heterocycles. The van der Waals surface area contributed by atoms with Crippen molar-refractivity contribution in [2.75, 3.05) is 0 Å². The third-order valence-corrected chi connectivity index (χ3v) is 4.72. The van der Waals surface area contributed by atoms with Gasteiger partial charge in [0.1, 0.15) is 11.1 Å². The van der Waals surface area contributed by atoms with Crippen molar-refractivity contribution in [2.24, 2.45) is 0 Å². The van der Waals surface area contributed by atoms with E-state index in [-0.39, 0.29) is 11.3 Å². The highest BCUT2D eigenvalue weighted by atomic mass is 32.1. The van der Waals surface area contributed by atoms with E-state index in [1.54, 1.807) is 24.3 Å². The average molecular weight is 332 g/mol. The van der Waals surface area contributed by atoms with Crippen molar-refractivity contribution < 1.29 is 9.21 Å². The van der Waals surface area contributed by atoms with E-state index in [0.29, 0.717) is 16.0 Å². The van der Waals surface area contributed by atoms with Crippen LogP contribution in [-0.4, -0.2) is 5.78 Å². The van der Waals surface area contributed by atoms with Crippen molar-refractivity contribution in [3.8, 4) is 11.1 Å². The van der Waals surface area contributed by atoms with Crippen molar-refractivity contribution in [1.29, 1.82) is 0 Å². The molecule has 2 heterocycles. The number of carbonyl (C=O) groups is 1. The van der Waals surface area contributed by atoms with Crippen LogP contribution < -0.4 is 5.63 Å². The minimum Gasteiger partial charge on any atom is -0.422 e. The van der Waals surface area contributed by atoms with E-state index in [4.69, 9.17) is 4.42 Å². The van der Waals surface area contributed by atoms with Crippen molar-refractivity contribution in [1.82, 2.24) is 0 Å².